The van der Waals surface area contributed by atoms with E-state index in [1.807, 2.05) is 6.26 Å². The summed E-state index contributed by atoms with van der Waals surface area (Å²) < 4.78 is 40.8. The minimum absolute atomic E-state index is 0.0628. The standard InChI is InChI=1S/C11H21NO9S3/c1-22-4-2-3-7(12-21-24(17,18)19)23-11-10(16)9(15)8(14)6(5-13)20-11/h6,8-11,13-16H,2-5H2,1H3,(H,17,18,19)/p-1. The summed E-state index contributed by atoms with van der Waals surface area (Å²) in [6.45, 7) is -0.591. The van der Waals surface area contributed by atoms with E-state index in [4.69, 9.17) is 9.84 Å². The van der Waals surface area contributed by atoms with Gasteiger partial charge in [0.25, 0.3) is 10.4 Å². The van der Waals surface area contributed by atoms with Crippen molar-refractivity contribution in [1.82, 2.24) is 0 Å². The van der Waals surface area contributed by atoms with Gasteiger partial charge in [-0.1, -0.05) is 16.9 Å². The number of hydrogen-bond acceptors (Lipinski definition) is 12. The molecule has 0 amide bonds. The Kier molecular flexibility index (Phi) is 9.25. The van der Waals surface area contributed by atoms with E-state index in [0.717, 1.165) is 17.5 Å². The molecule has 0 aromatic rings. The topological polar surface area (TPSA) is 169 Å². The number of rotatable bonds is 8. The molecule has 0 aromatic heterocycles. The number of thioether (sulfide) groups is 2. The number of aliphatic hydroxyl groups is 4. The van der Waals surface area contributed by atoms with Crippen LogP contribution in [0.5, 0.6) is 0 Å². The molecule has 0 aliphatic carbocycles. The minimum Gasteiger partial charge on any atom is -0.714 e. The lowest BCUT2D eigenvalue weighted by Gasteiger charge is -2.39. The highest BCUT2D eigenvalue weighted by Crippen LogP contribution is 2.30. The molecular formula is C11H20NO9S3-. The van der Waals surface area contributed by atoms with Crippen LogP contribution >= 0.6 is 23.5 Å². The van der Waals surface area contributed by atoms with Crippen molar-refractivity contribution >= 4 is 39.0 Å². The largest absolute Gasteiger partial charge is 0.714 e. The Balaban J connectivity index is 2.82. The van der Waals surface area contributed by atoms with Crippen LogP contribution in [0.3, 0.4) is 0 Å². The van der Waals surface area contributed by atoms with Crippen LogP contribution in [0.25, 0.3) is 0 Å². The van der Waals surface area contributed by atoms with E-state index >= 15 is 0 Å². The molecule has 1 saturated heterocycles. The maximum absolute atomic E-state index is 10.5. The van der Waals surface area contributed by atoms with Crippen LogP contribution in [0.1, 0.15) is 12.8 Å². The second-order valence-electron chi connectivity index (χ2n) is 4.88. The van der Waals surface area contributed by atoms with Gasteiger partial charge in [0, 0.05) is 6.42 Å². The zero-order valence-corrected chi connectivity index (χ0v) is 15.2. The third-order valence-corrected chi connectivity index (χ3v) is 5.20. The van der Waals surface area contributed by atoms with E-state index in [1.54, 1.807) is 11.8 Å². The van der Waals surface area contributed by atoms with E-state index in [-0.39, 0.29) is 11.5 Å². The molecule has 24 heavy (non-hydrogen) atoms. The number of hydrogen-bond donors (Lipinski definition) is 4. The molecule has 0 spiro atoms. The minimum atomic E-state index is -5.03. The van der Waals surface area contributed by atoms with Crippen molar-refractivity contribution in [2.75, 3.05) is 18.6 Å². The molecular weight excluding hydrogens is 386 g/mol. The smallest absolute Gasteiger partial charge is 0.284 e. The van der Waals surface area contributed by atoms with Crippen LogP contribution < -0.4 is 0 Å². The molecule has 1 fully saturated rings. The molecule has 0 aromatic carbocycles. The molecule has 5 unspecified atom stereocenters. The van der Waals surface area contributed by atoms with Crippen LogP contribution in [0.2, 0.25) is 0 Å². The van der Waals surface area contributed by atoms with Crippen LogP contribution in [0.4, 0.5) is 0 Å². The lowest BCUT2D eigenvalue weighted by atomic mass is 10.0. The van der Waals surface area contributed by atoms with E-state index < -0.39 is 46.9 Å². The zero-order chi connectivity index (χ0) is 18.3. The van der Waals surface area contributed by atoms with Crippen LogP contribution in [-0.2, 0) is 19.4 Å². The number of oxime groups is 1. The van der Waals surface area contributed by atoms with Crippen molar-refractivity contribution in [3.05, 3.63) is 0 Å². The first-order chi connectivity index (χ1) is 11.2. The van der Waals surface area contributed by atoms with E-state index in [0.29, 0.717) is 6.42 Å². The van der Waals surface area contributed by atoms with Crippen LogP contribution in [0, 0.1) is 0 Å². The second-order valence-corrected chi connectivity index (χ2v) is 8.00. The van der Waals surface area contributed by atoms with Crippen molar-refractivity contribution in [2.24, 2.45) is 5.16 Å². The van der Waals surface area contributed by atoms with Gasteiger partial charge in [0.2, 0.25) is 0 Å². The number of aliphatic hydroxyl groups excluding tert-OH is 4. The highest BCUT2D eigenvalue weighted by molar-refractivity contribution is 8.14. The van der Waals surface area contributed by atoms with E-state index in [9.17, 15) is 28.3 Å². The van der Waals surface area contributed by atoms with Gasteiger partial charge < -0.3 is 29.7 Å². The number of ether oxygens (including phenoxy) is 1. The van der Waals surface area contributed by atoms with Gasteiger partial charge in [0.05, 0.1) is 6.61 Å². The summed E-state index contributed by atoms with van der Waals surface area (Å²) in [5, 5.41) is 41.9. The average molecular weight is 406 g/mol. The van der Waals surface area contributed by atoms with Gasteiger partial charge in [-0.05, 0) is 18.4 Å². The summed E-state index contributed by atoms with van der Waals surface area (Å²) in [6.07, 6.45) is -2.97. The predicted molar refractivity (Wildman–Crippen MR) is 87.2 cm³/mol. The Morgan fingerprint density at radius 1 is 1.29 bits per heavy atom. The summed E-state index contributed by atoms with van der Waals surface area (Å²) in [4.78, 5) is 0. The Labute approximate surface area is 148 Å². The van der Waals surface area contributed by atoms with Gasteiger partial charge >= 0.3 is 0 Å². The fourth-order valence-corrected chi connectivity index (χ4v) is 3.65. The normalized spacial score (nSPS) is 31.9. The summed E-state index contributed by atoms with van der Waals surface area (Å²) in [5.41, 5.74) is -1.13. The molecule has 0 bridgehead atoms. The molecule has 0 saturated carbocycles. The molecule has 10 nitrogen and oxygen atoms in total. The molecule has 1 heterocycles. The van der Waals surface area contributed by atoms with Crippen LogP contribution in [-0.4, -0.2) is 86.9 Å². The third-order valence-electron chi connectivity index (χ3n) is 3.07. The first-order valence-electron chi connectivity index (χ1n) is 6.87. The molecule has 4 N–H and O–H groups in total. The van der Waals surface area contributed by atoms with Crippen molar-refractivity contribution in [3.63, 3.8) is 0 Å². The van der Waals surface area contributed by atoms with Gasteiger partial charge in [-0.2, -0.15) is 20.2 Å². The zero-order valence-electron chi connectivity index (χ0n) is 12.7. The van der Waals surface area contributed by atoms with E-state index in [2.05, 4.69) is 9.44 Å². The first kappa shape index (κ1) is 21.9. The highest BCUT2D eigenvalue weighted by Gasteiger charge is 2.44. The van der Waals surface area contributed by atoms with Crippen molar-refractivity contribution < 1.29 is 42.4 Å². The van der Waals surface area contributed by atoms with Gasteiger partial charge in [0.1, 0.15) is 34.9 Å². The quantitative estimate of drug-likeness (QED) is 0.0919. The van der Waals surface area contributed by atoms with E-state index in [1.165, 1.54) is 0 Å². The fourth-order valence-electron chi connectivity index (χ4n) is 1.88. The lowest BCUT2D eigenvalue weighted by molar-refractivity contribution is -0.205. The van der Waals surface area contributed by atoms with Gasteiger partial charge in [-0.15, -0.1) is 0 Å². The Bertz CT molecular complexity index is 513. The summed E-state index contributed by atoms with van der Waals surface area (Å²) in [5.74, 6) is 0.735. The Morgan fingerprint density at radius 2 is 1.96 bits per heavy atom. The third kappa shape index (κ3) is 7.01. The molecule has 0 radical (unpaired) electrons. The Hall–Kier alpha value is -0.120. The number of nitrogens with zero attached hydrogens (tertiary/aromatic N) is 1. The average Bonchev–Trinajstić information content (AvgIpc) is 2.52. The van der Waals surface area contributed by atoms with Gasteiger partial charge in [0.15, 0.2) is 0 Å². The monoisotopic (exact) mass is 406 g/mol. The first-order valence-corrected chi connectivity index (χ1v) is 10.5. The highest BCUT2D eigenvalue weighted by atomic mass is 32.3. The molecule has 1 aliphatic rings. The summed E-state index contributed by atoms with van der Waals surface area (Å²) in [7, 11) is -5.03. The SMILES string of the molecule is CSCCCC(=NOS(=O)(=O)[O-])SC1OC(CO)C(O)C(O)C1O. The van der Waals surface area contributed by atoms with Crippen molar-refractivity contribution in [1.29, 1.82) is 0 Å². The molecule has 1 aliphatic heterocycles. The summed E-state index contributed by atoms with van der Waals surface area (Å²) in [6, 6.07) is 0. The lowest BCUT2D eigenvalue weighted by Crippen LogP contribution is -2.57. The summed E-state index contributed by atoms with van der Waals surface area (Å²) >= 11 is 2.29. The Morgan fingerprint density at radius 3 is 2.50 bits per heavy atom. The fraction of sp³-hybridized carbons (Fsp3) is 0.909. The van der Waals surface area contributed by atoms with Crippen molar-refractivity contribution in [3.8, 4) is 0 Å². The second kappa shape index (κ2) is 10.1. The van der Waals surface area contributed by atoms with Crippen molar-refractivity contribution in [2.45, 2.75) is 42.7 Å². The predicted octanol–water partition coefficient (Wildman–Crippen LogP) is -1.55. The maximum atomic E-state index is 10.5. The molecule has 5 atom stereocenters. The van der Waals surface area contributed by atoms with Gasteiger partial charge in [-0.3, -0.25) is 4.28 Å². The maximum Gasteiger partial charge on any atom is 0.284 e. The molecule has 1 rings (SSSR count). The van der Waals surface area contributed by atoms with Crippen LogP contribution in [0.15, 0.2) is 5.16 Å². The van der Waals surface area contributed by atoms with Gasteiger partial charge in [-0.25, -0.2) is 0 Å². The molecule has 13 heteroatoms. The molecule has 142 valence electrons.